The number of benzene rings is 1. The van der Waals surface area contributed by atoms with E-state index in [1.807, 2.05) is 6.07 Å². The van der Waals surface area contributed by atoms with Gasteiger partial charge in [-0.05, 0) is 47.5 Å². The highest BCUT2D eigenvalue weighted by Crippen LogP contribution is 2.71. The van der Waals surface area contributed by atoms with Gasteiger partial charge in [-0.15, -0.1) is 11.6 Å². The number of carbonyl (C=O) groups excluding carboxylic acids is 1. The smallest absolute Gasteiger partial charge is 0.154 e. The van der Waals surface area contributed by atoms with Crippen molar-refractivity contribution in [1.82, 2.24) is 0 Å². The Morgan fingerprint density at radius 1 is 1.15 bits per heavy atom. The fraction of sp³-hybridized carbons (Fsp3) is 0.611. The summed E-state index contributed by atoms with van der Waals surface area (Å²) in [6.07, 6.45) is 2.91. The van der Waals surface area contributed by atoms with Gasteiger partial charge in [-0.1, -0.05) is 44.2 Å². The second-order valence-corrected chi connectivity index (χ2v) is 8.19. The molecule has 0 amide bonds. The molecule has 0 aliphatic heterocycles. The number of Topliss-reactive ketones (excluding diaryl/α,β-unsaturated/α-hetero) is 1. The minimum absolute atomic E-state index is 0.249. The van der Waals surface area contributed by atoms with Crippen molar-refractivity contribution in [2.45, 2.75) is 43.9 Å². The SMILES string of the molecule is CC1(C)[C@H]2C[C@@H]3[C@@H](c4ccccc4)CC(=O)[C@]3(Cl)[C@@H]1C2. The quantitative estimate of drug-likeness (QED) is 0.700. The molecular weight excluding hydrogens is 268 g/mol. The van der Waals surface area contributed by atoms with Crippen LogP contribution in [0.1, 0.15) is 44.6 Å². The molecule has 0 N–H and O–H groups in total. The first-order valence-corrected chi connectivity index (χ1v) is 8.10. The standard InChI is InChI=1S/C18H21ClO/c1-17(2)12-8-14-13(11-6-4-3-5-7-11)10-16(20)18(14,19)15(17)9-12/h3-7,12-15H,8-10H2,1-2H3/t12-,13+,14+,15+,18+/m0/s1. The molecule has 0 unspecified atom stereocenters. The van der Waals surface area contributed by atoms with E-state index in [1.165, 1.54) is 5.56 Å². The number of alkyl halides is 1. The molecule has 0 aromatic heterocycles. The molecule has 4 aliphatic rings. The molecule has 2 bridgehead atoms. The first-order valence-electron chi connectivity index (χ1n) is 7.73. The monoisotopic (exact) mass is 288 g/mol. The highest BCUT2D eigenvalue weighted by molar-refractivity contribution is 6.37. The number of ketones is 1. The van der Waals surface area contributed by atoms with Crippen LogP contribution in [0.5, 0.6) is 0 Å². The molecule has 0 heterocycles. The van der Waals surface area contributed by atoms with Crippen LogP contribution in [0.4, 0.5) is 0 Å². The summed E-state index contributed by atoms with van der Waals surface area (Å²) in [5.41, 5.74) is 1.55. The molecule has 20 heavy (non-hydrogen) atoms. The van der Waals surface area contributed by atoms with Gasteiger partial charge in [-0.3, -0.25) is 4.79 Å². The van der Waals surface area contributed by atoms with E-state index in [0.29, 0.717) is 30.0 Å². The molecule has 5 atom stereocenters. The zero-order valence-electron chi connectivity index (χ0n) is 12.1. The predicted octanol–water partition coefficient (Wildman–Crippen LogP) is 4.40. The van der Waals surface area contributed by atoms with E-state index < -0.39 is 4.87 Å². The second-order valence-electron chi connectivity index (χ2n) is 7.56. The summed E-state index contributed by atoms with van der Waals surface area (Å²) in [5.74, 6) is 2.11. The lowest BCUT2D eigenvalue weighted by Crippen LogP contribution is -2.64. The Labute approximate surface area is 125 Å². The fourth-order valence-electron chi connectivity index (χ4n) is 5.27. The second kappa shape index (κ2) is 3.88. The molecule has 2 heteroatoms. The highest BCUT2D eigenvalue weighted by Gasteiger charge is 2.70. The number of rotatable bonds is 1. The largest absolute Gasteiger partial charge is 0.298 e. The molecule has 0 radical (unpaired) electrons. The Bertz CT molecular complexity index is 564. The summed E-state index contributed by atoms with van der Waals surface area (Å²) in [4.78, 5) is 12.1. The summed E-state index contributed by atoms with van der Waals surface area (Å²) < 4.78 is 0. The maximum Gasteiger partial charge on any atom is 0.154 e. The van der Waals surface area contributed by atoms with Crippen LogP contribution in [0.25, 0.3) is 0 Å². The van der Waals surface area contributed by atoms with Crippen molar-refractivity contribution in [2.24, 2.45) is 23.2 Å². The topological polar surface area (TPSA) is 17.1 Å². The number of halogens is 1. The molecule has 5 rings (SSSR count). The van der Waals surface area contributed by atoms with Gasteiger partial charge in [0.05, 0.1) is 0 Å². The van der Waals surface area contributed by atoms with Gasteiger partial charge >= 0.3 is 0 Å². The molecule has 4 fully saturated rings. The molecular formula is C18H21ClO. The molecule has 4 aliphatic carbocycles. The third kappa shape index (κ3) is 1.38. The van der Waals surface area contributed by atoms with Gasteiger partial charge in [0.2, 0.25) is 0 Å². The van der Waals surface area contributed by atoms with Crippen LogP contribution in [0.3, 0.4) is 0 Å². The predicted molar refractivity (Wildman–Crippen MR) is 80.9 cm³/mol. The highest BCUT2D eigenvalue weighted by atomic mass is 35.5. The molecule has 1 aromatic rings. The van der Waals surface area contributed by atoms with E-state index in [-0.39, 0.29) is 5.41 Å². The summed E-state index contributed by atoms with van der Waals surface area (Å²) in [6, 6.07) is 10.5. The van der Waals surface area contributed by atoms with Crippen LogP contribution in [-0.4, -0.2) is 10.7 Å². The van der Waals surface area contributed by atoms with Crippen molar-refractivity contribution in [3.8, 4) is 0 Å². The van der Waals surface area contributed by atoms with Gasteiger partial charge in [0.1, 0.15) is 4.87 Å². The van der Waals surface area contributed by atoms with Crippen molar-refractivity contribution in [3.05, 3.63) is 35.9 Å². The summed E-state index contributed by atoms with van der Waals surface area (Å²) in [7, 11) is 0. The van der Waals surface area contributed by atoms with Crippen molar-refractivity contribution in [1.29, 1.82) is 0 Å². The number of carbonyl (C=O) groups is 1. The molecule has 1 nitrogen and oxygen atoms in total. The van der Waals surface area contributed by atoms with E-state index >= 15 is 0 Å². The minimum Gasteiger partial charge on any atom is -0.298 e. The maximum absolute atomic E-state index is 12.7. The van der Waals surface area contributed by atoms with Crippen LogP contribution in [0.2, 0.25) is 0 Å². The Morgan fingerprint density at radius 2 is 1.85 bits per heavy atom. The zero-order valence-corrected chi connectivity index (χ0v) is 12.9. The van der Waals surface area contributed by atoms with Crippen LogP contribution >= 0.6 is 11.6 Å². The molecule has 4 saturated carbocycles. The van der Waals surface area contributed by atoms with Gasteiger partial charge in [0, 0.05) is 6.42 Å². The van der Waals surface area contributed by atoms with Crippen molar-refractivity contribution in [2.75, 3.05) is 0 Å². The zero-order chi connectivity index (χ0) is 14.1. The van der Waals surface area contributed by atoms with Gasteiger partial charge in [-0.2, -0.15) is 0 Å². The molecule has 106 valence electrons. The first-order chi connectivity index (χ1) is 9.45. The third-order valence-electron chi connectivity index (χ3n) is 6.60. The Kier molecular flexibility index (Phi) is 2.50. The van der Waals surface area contributed by atoms with Gasteiger partial charge in [-0.25, -0.2) is 0 Å². The van der Waals surface area contributed by atoms with E-state index in [1.54, 1.807) is 0 Å². The molecule has 0 spiro atoms. The Morgan fingerprint density at radius 3 is 2.50 bits per heavy atom. The maximum atomic E-state index is 12.7. The van der Waals surface area contributed by atoms with Crippen molar-refractivity contribution in [3.63, 3.8) is 0 Å². The van der Waals surface area contributed by atoms with Gasteiger partial charge in [0.25, 0.3) is 0 Å². The lowest BCUT2D eigenvalue weighted by molar-refractivity contribution is -0.143. The molecule has 0 saturated heterocycles. The fourth-order valence-corrected chi connectivity index (χ4v) is 5.96. The van der Waals surface area contributed by atoms with Crippen molar-refractivity contribution >= 4 is 17.4 Å². The van der Waals surface area contributed by atoms with Gasteiger partial charge < -0.3 is 0 Å². The summed E-state index contributed by atoms with van der Waals surface area (Å²) >= 11 is 6.99. The average Bonchev–Trinajstić information content (AvgIpc) is 2.71. The molecule has 1 aromatic carbocycles. The van der Waals surface area contributed by atoms with Crippen LogP contribution in [0.15, 0.2) is 30.3 Å². The number of hydrogen-bond acceptors (Lipinski definition) is 1. The summed E-state index contributed by atoms with van der Waals surface area (Å²) in [6.45, 7) is 4.60. The average molecular weight is 289 g/mol. The van der Waals surface area contributed by atoms with Gasteiger partial charge in [0.15, 0.2) is 5.78 Å². The Hall–Kier alpha value is -0.820. The third-order valence-corrected chi connectivity index (χ3v) is 7.36. The lowest BCUT2D eigenvalue weighted by Gasteiger charge is -2.64. The Balaban J connectivity index is 1.75. The summed E-state index contributed by atoms with van der Waals surface area (Å²) in [5, 5.41) is 0. The first kappa shape index (κ1) is 12.9. The lowest BCUT2D eigenvalue weighted by atomic mass is 9.42. The van der Waals surface area contributed by atoms with Crippen LogP contribution in [-0.2, 0) is 4.79 Å². The van der Waals surface area contributed by atoms with E-state index in [0.717, 1.165) is 18.8 Å². The van der Waals surface area contributed by atoms with Crippen molar-refractivity contribution < 1.29 is 4.79 Å². The van der Waals surface area contributed by atoms with Crippen LogP contribution < -0.4 is 0 Å². The van der Waals surface area contributed by atoms with Crippen LogP contribution in [0, 0.1) is 23.2 Å². The number of hydrogen-bond donors (Lipinski definition) is 0. The van der Waals surface area contributed by atoms with E-state index in [2.05, 4.69) is 38.1 Å². The normalized spacial score (nSPS) is 44.9. The minimum atomic E-state index is -0.585. The van der Waals surface area contributed by atoms with E-state index in [4.69, 9.17) is 11.6 Å². The van der Waals surface area contributed by atoms with E-state index in [9.17, 15) is 4.79 Å².